The zero-order valence-electron chi connectivity index (χ0n) is 11.6. The van der Waals surface area contributed by atoms with Crippen LogP contribution in [0.25, 0.3) is 0 Å². The monoisotopic (exact) mass is 289 g/mol. The molecule has 5 heteroatoms. The van der Waals surface area contributed by atoms with Crippen LogP contribution in [0, 0.1) is 0 Å². The van der Waals surface area contributed by atoms with Crippen LogP contribution in [0.3, 0.4) is 0 Å². The van der Waals surface area contributed by atoms with Crippen LogP contribution < -0.4 is 10.1 Å². The summed E-state index contributed by atoms with van der Waals surface area (Å²) in [5, 5.41) is 14.2. The molecule has 3 rings (SSSR count). The quantitative estimate of drug-likeness (QED) is 0.860. The molecule has 1 aromatic heterocycles. The van der Waals surface area contributed by atoms with Gasteiger partial charge in [-0.2, -0.15) is 0 Å². The van der Waals surface area contributed by atoms with Crippen molar-refractivity contribution in [3.8, 4) is 5.75 Å². The molecule has 0 saturated heterocycles. The second-order valence-electron chi connectivity index (χ2n) is 4.97. The molecule has 20 heavy (non-hydrogen) atoms. The third kappa shape index (κ3) is 2.83. The van der Waals surface area contributed by atoms with Crippen LogP contribution in [0.15, 0.2) is 24.3 Å². The summed E-state index contributed by atoms with van der Waals surface area (Å²) in [7, 11) is 1.98. The molecule has 0 aliphatic carbocycles. The Morgan fingerprint density at radius 2 is 2.25 bits per heavy atom. The van der Waals surface area contributed by atoms with Crippen LogP contribution in [0.4, 0.5) is 0 Å². The molecule has 1 unspecified atom stereocenters. The van der Waals surface area contributed by atoms with Crippen molar-refractivity contribution in [1.29, 1.82) is 0 Å². The smallest absolute Gasteiger partial charge is 0.125 e. The fraction of sp³-hybridized carbons (Fsp3) is 0.467. The van der Waals surface area contributed by atoms with Crippen molar-refractivity contribution >= 4 is 11.3 Å². The Morgan fingerprint density at radius 3 is 3.15 bits per heavy atom. The minimum absolute atomic E-state index is 0.343. The molecule has 1 aromatic carbocycles. The summed E-state index contributed by atoms with van der Waals surface area (Å²) in [6, 6.07) is 8.26. The Morgan fingerprint density at radius 1 is 1.35 bits per heavy atom. The van der Waals surface area contributed by atoms with Gasteiger partial charge in [-0.05, 0) is 32.5 Å². The molecule has 1 aliphatic rings. The van der Waals surface area contributed by atoms with E-state index in [1.54, 1.807) is 11.3 Å². The van der Waals surface area contributed by atoms with Crippen molar-refractivity contribution in [2.45, 2.75) is 25.2 Å². The molecule has 0 spiro atoms. The highest BCUT2D eigenvalue weighted by molar-refractivity contribution is 7.11. The van der Waals surface area contributed by atoms with Gasteiger partial charge in [0.2, 0.25) is 0 Å². The topological polar surface area (TPSA) is 47.0 Å². The normalized spacial score (nSPS) is 17.6. The molecular weight excluding hydrogens is 270 g/mol. The van der Waals surface area contributed by atoms with Crippen LogP contribution in [0.2, 0.25) is 0 Å². The lowest BCUT2D eigenvalue weighted by atomic mass is 9.94. The predicted octanol–water partition coefficient (Wildman–Crippen LogP) is 2.60. The molecular formula is C15H19N3OS. The van der Waals surface area contributed by atoms with E-state index >= 15 is 0 Å². The minimum Gasteiger partial charge on any atom is -0.493 e. The molecule has 0 saturated carbocycles. The van der Waals surface area contributed by atoms with Gasteiger partial charge in [-0.1, -0.05) is 18.2 Å². The summed E-state index contributed by atoms with van der Waals surface area (Å²) in [4.78, 5) is 0. The number of hydrogen-bond acceptors (Lipinski definition) is 5. The Bertz CT molecular complexity index is 570. The average Bonchev–Trinajstić information content (AvgIpc) is 2.96. The summed E-state index contributed by atoms with van der Waals surface area (Å²) >= 11 is 1.75. The third-order valence-electron chi connectivity index (χ3n) is 3.56. The number of aryl methyl sites for hydroxylation is 1. The molecule has 0 amide bonds. The first-order valence-electron chi connectivity index (χ1n) is 7.07. The van der Waals surface area contributed by atoms with Gasteiger partial charge >= 0.3 is 0 Å². The first kappa shape index (κ1) is 13.5. The van der Waals surface area contributed by atoms with Gasteiger partial charge < -0.3 is 10.1 Å². The summed E-state index contributed by atoms with van der Waals surface area (Å²) in [6.07, 6.45) is 3.10. The minimum atomic E-state index is 0.343. The lowest BCUT2D eigenvalue weighted by Gasteiger charge is -2.23. The van der Waals surface area contributed by atoms with Crippen molar-refractivity contribution in [2.75, 3.05) is 20.2 Å². The maximum atomic E-state index is 5.71. The van der Waals surface area contributed by atoms with Gasteiger partial charge in [-0.25, -0.2) is 0 Å². The summed E-state index contributed by atoms with van der Waals surface area (Å²) in [5.41, 5.74) is 1.25. The molecule has 4 nitrogen and oxygen atoms in total. The fourth-order valence-corrected chi connectivity index (χ4v) is 3.56. The number of nitrogens with one attached hydrogen (secondary N) is 1. The highest BCUT2D eigenvalue weighted by Gasteiger charge is 2.25. The number of benzene rings is 1. The van der Waals surface area contributed by atoms with Crippen LogP contribution in [-0.2, 0) is 6.42 Å². The number of ether oxygens (including phenoxy) is 1. The second kappa shape index (κ2) is 6.33. The number of rotatable bonds is 5. The van der Waals surface area contributed by atoms with E-state index in [2.05, 4.69) is 27.6 Å². The standard InChI is InChI=1S/C15H19N3OS/c1-16-9-4-7-14-17-18-15(20-14)12-8-10-19-13-6-3-2-5-11(12)13/h2-3,5-6,12,16H,4,7-10H2,1H3. The maximum Gasteiger partial charge on any atom is 0.125 e. The predicted molar refractivity (Wildman–Crippen MR) is 80.6 cm³/mol. The van der Waals surface area contributed by atoms with Crippen molar-refractivity contribution in [3.05, 3.63) is 39.8 Å². The SMILES string of the molecule is CNCCCc1nnc(C2CCOc3ccccc32)s1. The fourth-order valence-electron chi connectivity index (χ4n) is 2.52. The van der Waals surface area contributed by atoms with E-state index < -0.39 is 0 Å². The number of aromatic nitrogens is 2. The zero-order chi connectivity index (χ0) is 13.8. The number of hydrogen-bond donors (Lipinski definition) is 1. The molecule has 1 N–H and O–H groups in total. The maximum absolute atomic E-state index is 5.71. The Labute approximate surface area is 123 Å². The first-order chi connectivity index (χ1) is 9.88. The summed E-state index contributed by atoms with van der Waals surface area (Å²) in [6.45, 7) is 1.78. The third-order valence-corrected chi connectivity index (χ3v) is 4.65. The second-order valence-corrected chi connectivity index (χ2v) is 6.06. The highest BCUT2D eigenvalue weighted by Crippen LogP contribution is 2.38. The van der Waals surface area contributed by atoms with Crippen molar-refractivity contribution in [1.82, 2.24) is 15.5 Å². The van der Waals surface area contributed by atoms with Crippen LogP contribution >= 0.6 is 11.3 Å². The van der Waals surface area contributed by atoms with Gasteiger partial charge in [-0.15, -0.1) is 21.5 Å². The van der Waals surface area contributed by atoms with Crippen LogP contribution in [0.1, 0.15) is 34.3 Å². The molecule has 1 atom stereocenters. The Kier molecular flexibility index (Phi) is 4.28. The van der Waals surface area contributed by atoms with Crippen molar-refractivity contribution < 1.29 is 4.74 Å². The van der Waals surface area contributed by atoms with Gasteiger partial charge in [0.1, 0.15) is 15.8 Å². The molecule has 106 valence electrons. The zero-order valence-corrected chi connectivity index (χ0v) is 12.4. The lowest BCUT2D eigenvalue weighted by molar-refractivity contribution is 0.276. The largest absolute Gasteiger partial charge is 0.493 e. The summed E-state index contributed by atoms with van der Waals surface area (Å²) in [5.74, 6) is 1.34. The van der Waals surface area contributed by atoms with Gasteiger partial charge in [0.15, 0.2) is 0 Å². The molecule has 2 aromatic rings. The number of fused-ring (bicyclic) bond motifs is 1. The summed E-state index contributed by atoms with van der Waals surface area (Å²) < 4.78 is 5.71. The van der Waals surface area contributed by atoms with E-state index in [1.807, 2.05) is 19.2 Å². The number of nitrogens with zero attached hydrogens (tertiary/aromatic N) is 2. The Hall–Kier alpha value is -1.46. The van der Waals surface area contributed by atoms with Crippen LogP contribution in [0.5, 0.6) is 5.75 Å². The van der Waals surface area contributed by atoms with Crippen molar-refractivity contribution in [2.24, 2.45) is 0 Å². The highest BCUT2D eigenvalue weighted by atomic mass is 32.1. The molecule has 2 heterocycles. The van der Waals surface area contributed by atoms with E-state index in [0.717, 1.165) is 48.2 Å². The van der Waals surface area contributed by atoms with Gasteiger partial charge in [-0.3, -0.25) is 0 Å². The molecule has 0 fully saturated rings. The van der Waals surface area contributed by atoms with Gasteiger partial charge in [0.05, 0.1) is 6.61 Å². The van der Waals surface area contributed by atoms with Gasteiger partial charge in [0.25, 0.3) is 0 Å². The molecule has 0 radical (unpaired) electrons. The van der Waals surface area contributed by atoms with E-state index in [4.69, 9.17) is 4.74 Å². The average molecular weight is 289 g/mol. The van der Waals surface area contributed by atoms with Crippen LogP contribution in [-0.4, -0.2) is 30.4 Å². The van der Waals surface area contributed by atoms with E-state index in [-0.39, 0.29) is 0 Å². The first-order valence-corrected chi connectivity index (χ1v) is 7.88. The van der Waals surface area contributed by atoms with Gasteiger partial charge in [0, 0.05) is 17.9 Å². The number of para-hydroxylation sites is 1. The van der Waals surface area contributed by atoms with Crippen molar-refractivity contribution in [3.63, 3.8) is 0 Å². The van der Waals surface area contributed by atoms with E-state index in [1.165, 1.54) is 5.56 Å². The Balaban J connectivity index is 1.77. The van der Waals surface area contributed by atoms with E-state index in [0.29, 0.717) is 5.92 Å². The molecule has 0 bridgehead atoms. The molecule has 1 aliphatic heterocycles. The lowest BCUT2D eigenvalue weighted by Crippen LogP contribution is -2.14. The van der Waals surface area contributed by atoms with E-state index in [9.17, 15) is 0 Å².